The Morgan fingerprint density at radius 1 is 0.920 bits per heavy atom. The number of nitrogens with zero attached hydrogens (tertiary/aromatic N) is 4. The maximum Gasteiger partial charge on any atom is 0.277 e. The summed E-state index contributed by atoms with van der Waals surface area (Å²) in [5, 5.41) is 11.4. The maximum absolute atomic E-state index is 12.7. The summed E-state index contributed by atoms with van der Waals surface area (Å²) in [4.78, 5) is 23.8. The van der Waals surface area contributed by atoms with Crippen molar-refractivity contribution in [3.05, 3.63) is 118 Å². The van der Waals surface area contributed by atoms with Gasteiger partial charge in [-0.15, -0.1) is 0 Å². The molecular formula is C40H50N4O6. The number of hydrogen-bond acceptors (Lipinski definition) is 8. The summed E-state index contributed by atoms with van der Waals surface area (Å²) in [6, 6.07) is 25.6. The van der Waals surface area contributed by atoms with Crippen LogP contribution in [0.4, 0.5) is 5.95 Å². The number of ether oxygens (including phenoxy) is 4. The van der Waals surface area contributed by atoms with Crippen molar-refractivity contribution in [1.29, 1.82) is 0 Å². The van der Waals surface area contributed by atoms with E-state index in [0.29, 0.717) is 5.56 Å². The zero-order chi connectivity index (χ0) is 35.5. The van der Waals surface area contributed by atoms with Gasteiger partial charge in [-0.25, -0.2) is 4.99 Å². The number of aromatic nitrogens is 2. The van der Waals surface area contributed by atoms with Crippen molar-refractivity contribution in [2.75, 3.05) is 33.9 Å². The maximum atomic E-state index is 12.7. The third-order valence-electron chi connectivity index (χ3n) is 9.19. The molecule has 1 fully saturated rings. The Labute approximate surface area is 295 Å². The molecule has 10 heteroatoms. The molecule has 0 saturated carbocycles. The predicted molar refractivity (Wildman–Crippen MR) is 196 cm³/mol. The van der Waals surface area contributed by atoms with Gasteiger partial charge in [0.05, 0.1) is 33.3 Å². The number of aliphatic imine (C=N–C) groups is 1. The van der Waals surface area contributed by atoms with Gasteiger partial charge in [0.15, 0.2) is 0 Å². The van der Waals surface area contributed by atoms with Crippen molar-refractivity contribution in [2.24, 2.45) is 4.99 Å². The third-order valence-corrected chi connectivity index (χ3v) is 9.19. The molecule has 5 rings (SSSR count). The van der Waals surface area contributed by atoms with Crippen LogP contribution in [0.1, 0.15) is 74.4 Å². The van der Waals surface area contributed by atoms with E-state index >= 15 is 0 Å². The quantitative estimate of drug-likeness (QED) is 0.0738. The first kappa shape index (κ1) is 36.8. The molecule has 1 N–H and O–H groups in total. The standard InChI is InChI=1S/C40H50N4O6/c1-6-8-23-43(24-9-7-2)28-41-39-42-38(46)29(3)26-44(39)37-25-35(45)36(50-37)27-49-40(30-13-11-10-12-14-30,31-15-19-33(47-4)20-16-31)32-17-21-34(48-5)22-18-32/h10-22,26,28,35-37,45H,6-9,23-25,27H2,1-5H3/b41-28-/t35-,36+,37+/m0/s1. The monoisotopic (exact) mass is 682 g/mol. The van der Waals surface area contributed by atoms with Gasteiger partial charge in [-0.05, 0) is 60.7 Å². The summed E-state index contributed by atoms with van der Waals surface area (Å²) in [5.41, 5.74) is 1.74. The highest BCUT2D eigenvalue weighted by molar-refractivity contribution is 5.58. The fourth-order valence-corrected chi connectivity index (χ4v) is 6.27. The second-order valence-electron chi connectivity index (χ2n) is 12.7. The summed E-state index contributed by atoms with van der Waals surface area (Å²) in [5.74, 6) is 1.70. The molecule has 0 aliphatic carbocycles. The summed E-state index contributed by atoms with van der Waals surface area (Å²) in [6.07, 6.45) is 5.88. The van der Waals surface area contributed by atoms with Crippen molar-refractivity contribution in [3.63, 3.8) is 0 Å². The fraction of sp³-hybridized carbons (Fsp3) is 0.425. The molecule has 1 aliphatic rings. The number of rotatable bonds is 17. The average molecular weight is 683 g/mol. The van der Waals surface area contributed by atoms with E-state index in [2.05, 4.69) is 28.7 Å². The molecule has 2 heterocycles. The van der Waals surface area contributed by atoms with Crippen molar-refractivity contribution < 1.29 is 24.1 Å². The largest absolute Gasteiger partial charge is 0.497 e. The number of benzene rings is 3. The van der Waals surface area contributed by atoms with E-state index in [-0.39, 0.29) is 24.5 Å². The Morgan fingerprint density at radius 3 is 2.02 bits per heavy atom. The van der Waals surface area contributed by atoms with E-state index in [1.165, 1.54) is 0 Å². The van der Waals surface area contributed by atoms with Gasteiger partial charge in [-0.1, -0.05) is 81.3 Å². The minimum absolute atomic E-state index is 0.0671. The van der Waals surface area contributed by atoms with Crippen molar-refractivity contribution in [1.82, 2.24) is 14.5 Å². The summed E-state index contributed by atoms with van der Waals surface area (Å²) >= 11 is 0. The topological polar surface area (TPSA) is 108 Å². The number of hydrogen-bond donors (Lipinski definition) is 1. The zero-order valence-electron chi connectivity index (χ0n) is 29.8. The van der Waals surface area contributed by atoms with Gasteiger partial charge >= 0.3 is 0 Å². The smallest absolute Gasteiger partial charge is 0.277 e. The Balaban J connectivity index is 1.47. The van der Waals surface area contributed by atoms with Crippen LogP contribution in [0.15, 0.2) is 94.8 Å². The minimum Gasteiger partial charge on any atom is -0.497 e. The van der Waals surface area contributed by atoms with Crippen LogP contribution in [0.2, 0.25) is 0 Å². The predicted octanol–water partition coefficient (Wildman–Crippen LogP) is 6.79. The first-order valence-corrected chi connectivity index (χ1v) is 17.5. The molecule has 0 amide bonds. The minimum atomic E-state index is -1.06. The van der Waals surface area contributed by atoms with Crippen LogP contribution in [0.3, 0.4) is 0 Å². The Bertz CT molecular complexity index is 1670. The SMILES string of the molecule is CCCCN(/C=N\c1nc(=O)c(C)cn1[C@H]1C[C@H](O)[C@@H](COC(c2ccccc2)(c2ccc(OC)cc2)c2ccc(OC)cc2)O1)CCCC. The van der Waals surface area contributed by atoms with E-state index in [4.69, 9.17) is 18.9 Å². The van der Waals surface area contributed by atoms with Crippen LogP contribution < -0.4 is 15.0 Å². The molecule has 0 bridgehead atoms. The highest BCUT2D eigenvalue weighted by atomic mass is 16.6. The van der Waals surface area contributed by atoms with Gasteiger partial charge in [0.1, 0.15) is 29.4 Å². The molecule has 0 spiro atoms. The second kappa shape index (κ2) is 17.4. The molecule has 3 aromatic carbocycles. The summed E-state index contributed by atoms with van der Waals surface area (Å²) < 4.78 is 26.3. The van der Waals surface area contributed by atoms with Crippen LogP contribution in [0.25, 0.3) is 0 Å². The van der Waals surface area contributed by atoms with E-state index < -0.39 is 24.0 Å². The van der Waals surface area contributed by atoms with Gasteiger partial charge in [0, 0.05) is 31.3 Å². The number of aliphatic hydroxyl groups is 1. The molecule has 50 heavy (non-hydrogen) atoms. The van der Waals surface area contributed by atoms with E-state index in [0.717, 1.165) is 67.0 Å². The van der Waals surface area contributed by atoms with E-state index in [9.17, 15) is 9.90 Å². The van der Waals surface area contributed by atoms with Gasteiger partial charge in [0.2, 0.25) is 5.95 Å². The Kier molecular flexibility index (Phi) is 12.8. The number of methoxy groups -OCH3 is 2. The molecule has 3 atom stereocenters. The molecule has 266 valence electrons. The molecule has 4 aromatic rings. The normalized spacial score (nSPS) is 17.7. The highest BCUT2D eigenvalue weighted by Crippen LogP contribution is 2.43. The number of aryl methyl sites for hydroxylation is 1. The zero-order valence-corrected chi connectivity index (χ0v) is 29.8. The van der Waals surface area contributed by atoms with Crippen molar-refractivity contribution in [3.8, 4) is 11.5 Å². The Morgan fingerprint density at radius 2 is 1.48 bits per heavy atom. The van der Waals surface area contributed by atoms with Crippen LogP contribution >= 0.6 is 0 Å². The molecule has 0 radical (unpaired) electrons. The van der Waals surface area contributed by atoms with Gasteiger partial charge in [-0.3, -0.25) is 9.36 Å². The van der Waals surface area contributed by atoms with Gasteiger partial charge in [0.25, 0.3) is 5.56 Å². The number of unbranched alkanes of at least 4 members (excludes halogenated alkanes) is 2. The first-order chi connectivity index (χ1) is 24.3. The van der Waals surface area contributed by atoms with E-state index in [1.54, 1.807) is 38.2 Å². The molecule has 1 aliphatic heterocycles. The molecule has 1 saturated heterocycles. The lowest BCUT2D eigenvalue weighted by Crippen LogP contribution is -2.38. The average Bonchev–Trinajstić information content (AvgIpc) is 3.53. The first-order valence-electron chi connectivity index (χ1n) is 17.5. The fourth-order valence-electron chi connectivity index (χ4n) is 6.27. The highest BCUT2D eigenvalue weighted by Gasteiger charge is 2.42. The molecular weight excluding hydrogens is 632 g/mol. The summed E-state index contributed by atoms with van der Waals surface area (Å²) in [7, 11) is 3.28. The lowest BCUT2D eigenvalue weighted by Gasteiger charge is -2.37. The van der Waals surface area contributed by atoms with Gasteiger partial charge < -0.3 is 29.0 Å². The lowest BCUT2D eigenvalue weighted by atomic mass is 9.80. The van der Waals surface area contributed by atoms with Crippen LogP contribution in [-0.4, -0.2) is 72.0 Å². The van der Waals surface area contributed by atoms with Crippen molar-refractivity contribution >= 4 is 12.3 Å². The van der Waals surface area contributed by atoms with Crippen LogP contribution in [-0.2, 0) is 15.1 Å². The van der Waals surface area contributed by atoms with Crippen LogP contribution in [0, 0.1) is 6.92 Å². The molecule has 1 aromatic heterocycles. The third kappa shape index (κ3) is 8.43. The molecule has 10 nitrogen and oxygen atoms in total. The summed E-state index contributed by atoms with van der Waals surface area (Å²) in [6.45, 7) is 7.86. The van der Waals surface area contributed by atoms with Gasteiger partial charge in [-0.2, -0.15) is 4.98 Å². The van der Waals surface area contributed by atoms with Crippen LogP contribution in [0.5, 0.6) is 11.5 Å². The lowest BCUT2D eigenvalue weighted by molar-refractivity contribution is -0.0935. The number of aliphatic hydroxyl groups excluding tert-OH is 1. The molecule has 0 unspecified atom stereocenters. The van der Waals surface area contributed by atoms with E-state index in [1.807, 2.05) is 78.9 Å². The van der Waals surface area contributed by atoms with Crippen molar-refractivity contribution in [2.45, 2.75) is 76.9 Å². The Hall–Kier alpha value is -4.51. The second-order valence-corrected chi connectivity index (χ2v) is 12.7.